The number of carbonyl (C=O) groups excluding carboxylic acids is 1. The topological polar surface area (TPSA) is 39.2 Å². The molecule has 1 aromatic heterocycles. The van der Waals surface area contributed by atoms with Crippen LogP contribution in [0.25, 0.3) is 11.1 Å². The normalized spacial score (nSPS) is 11.2. The molecule has 2 aromatic rings. The number of halogens is 3. The van der Waals surface area contributed by atoms with Crippen LogP contribution in [0.3, 0.4) is 0 Å². The second-order valence-corrected chi connectivity index (χ2v) is 4.10. The first-order valence-corrected chi connectivity index (χ1v) is 5.67. The Labute approximate surface area is 113 Å². The van der Waals surface area contributed by atoms with Crippen molar-refractivity contribution < 1.29 is 22.7 Å². The van der Waals surface area contributed by atoms with Gasteiger partial charge in [-0.2, -0.15) is 0 Å². The molecule has 0 saturated heterocycles. The first kappa shape index (κ1) is 14.0. The fraction of sp³-hybridized carbons (Fsp3) is 0.143. The third-order valence-corrected chi connectivity index (χ3v) is 2.60. The van der Waals surface area contributed by atoms with Gasteiger partial charge in [-0.05, 0) is 42.3 Å². The highest BCUT2D eigenvalue weighted by Gasteiger charge is 2.32. The number of hydrogen-bond donors (Lipinski definition) is 0. The largest absolute Gasteiger partial charge is 0.573 e. The first-order valence-electron chi connectivity index (χ1n) is 5.67. The van der Waals surface area contributed by atoms with Crippen molar-refractivity contribution in [2.24, 2.45) is 0 Å². The van der Waals surface area contributed by atoms with Gasteiger partial charge in [-0.25, -0.2) is 0 Å². The number of carbonyl (C=O) groups is 1. The van der Waals surface area contributed by atoms with Crippen molar-refractivity contribution >= 4 is 6.29 Å². The number of ether oxygens (including phenoxy) is 1. The number of aldehydes is 1. The fourth-order valence-electron chi connectivity index (χ4n) is 1.75. The molecule has 0 radical (unpaired) electrons. The Morgan fingerprint density at radius 1 is 1.15 bits per heavy atom. The van der Waals surface area contributed by atoms with Crippen molar-refractivity contribution in [2.45, 2.75) is 13.3 Å². The van der Waals surface area contributed by atoms with Crippen molar-refractivity contribution in [1.82, 2.24) is 4.98 Å². The predicted molar refractivity (Wildman–Crippen MR) is 66.5 cm³/mol. The Bertz CT molecular complexity index is 639. The van der Waals surface area contributed by atoms with E-state index < -0.39 is 12.1 Å². The van der Waals surface area contributed by atoms with Gasteiger partial charge >= 0.3 is 6.36 Å². The van der Waals surface area contributed by atoms with Gasteiger partial charge < -0.3 is 4.74 Å². The molecule has 104 valence electrons. The number of aryl methyl sites for hydroxylation is 1. The highest BCUT2D eigenvalue weighted by Crippen LogP contribution is 2.30. The third kappa shape index (κ3) is 3.34. The average molecular weight is 281 g/mol. The molecule has 0 aliphatic heterocycles. The van der Waals surface area contributed by atoms with Crippen molar-refractivity contribution in [3.63, 3.8) is 0 Å². The summed E-state index contributed by atoms with van der Waals surface area (Å²) in [6.07, 6.45) is -2.96. The SMILES string of the molecule is Cc1cc(-c2ccc(C=O)c(OC(F)(F)F)c2)ccn1. The third-order valence-electron chi connectivity index (χ3n) is 2.60. The highest BCUT2D eigenvalue weighted by atomic mass is 19.4. The maximum atomic E-state index is 12.3. The quantitative estimate of drug-likeness (QED) is 0.804. The summed E-state index contributed by atoms with van der Waals surface area (Å²) < 4.78 is 40.8. The Hall–Kier alpha value is -2.37. The summed E-state index contributed by atoms with van der Waals surface area (Å²) >= 11 is 0. The van der Waals surface area contributed by atoms with E-state index in [0.717, 1.165) is 5.69 Å². The minimum absolute atomic E-state index is 0.156. The smallest absolute Gasteiger partial charge is 0.405 e. The molecular weight excluding hydrogens is 271 g/mol. The summed E-state index contributed by atoms with van der Waals surface area (Å²) in [5, 5.41) is 0. The van der Waals surface area contributed by atoms with Gasteiger partial charge in [0.1, 0.15) is 5.75 Å². The minimum Gasteiger partial charge on any atom is -0.405 e. The van der Waals surface area contributed by atoms with Crippen LogP contribution in [0.2, 0.25) is 0 Å². The molecule has 0 saturated carbocycles. The van der Waals surface area contributed by atoms with E-state index in [1.54, 1.807) is 31.3 Å². The van der Waals surface area contributed by atoms with Gasteiger partial charge in [0, 0.05) is 11.9 Å². The molecule has 0 N–H and O–H groups in total. The number of pyridine rings is 1. The molecule has 0 aliphatic rings. The van der Waals surface area contributed by atoms with E-state index in [9.17, 15) is 18.0 Å². The summed E-state index contributed by atoms with van der Waals surface area (Å²) in [5.41, 5.74) is 1.79. The van der Waals surface area contributed by atoms with Crippen LogP contribution in [-0.2, 0) is 0 Å². The number of nitrogens with zero attached hydrogens (tertiary/aromatic N) is 1. The van der Waals surface area contributed by atoms with Crippen LogP contribution < -0.4 is 4.74 Å². The summed E-state index contributed by atoms with van der Waals surface area (Å²) in [4.78, 5) is 14.8. The fourth-order valence-corrected chi connectivity index (χ4v) is 1.75. The van der Waals surface area contributed by atoms with E-state index in [1.165, 1.54) is 12.1 Å². The maximum absolute atomic E-state index is 12.3. The molecule has 1 heterocycles. The van der Waals surface area contributed by atoms with Crippen molar-refractivity contribution in [1.29, 1.82) is 0 Å². The first-order chi connectivity index (χ1) is 9.39. The lowest BCUT2D eigenvalue weighted by Gasteiger charge is -2.12. The Morgan fingerprint density at radius 2 is 1.85 bits per heavy atom. The average Bonchev–Trinajstić information content (AvgIpc) is 2.37. The van der Waals surface area contributed by atoms with E-state index in [-0.39, 0.29) is 5.56 Å². The van der Waals surface area contributed by atoms with Crippen LogP contribution in [0.1, 0.15) is 16.1 Å². The zero-order valence-corrected chi connectivity index (χ0v) is 10.4. The molecule has 2 rings (SSSR count). The number of alkyl halides is 3. The molecule has 0 unspecified atom stereocenters. The molecule has 0 atom stereocenters. The molecule has 20 heavy (non-hydrogen) atoms. The van der Waals surface area contributed by atoms with Crippen LogP contribution in [0, 0.1) is 6.92 Å². The summed E-state index contributed by atoms with van der Waals surface area (Å²) in [7, 11) is 0. The van der Waals surface area contributed by atoms with Crippen LogP contribution in [0.5, 0.6) is 5.75 Å². The van der Waals surface area contributed by atoms with Gasteiger partial charge in [0.25, 0.3) is 0 Å². The standard InChI is InChI=1S/C14H10F3NO2/c1-9-6-11(4-5-18-9)10-2-3-12(8-19)13(7-10)20-14(15,16)17/h2-8H,1H3. The van der Waals surface area contributed by atoms with Crippen molar-refractivity contribution in [2.75, 3.05) is 0 Å². The second kappa shape index (κ2) is 5.32. The Balaban J connectivity index is 2.46. The second-order valence-electron chi connectivity index (χ2n) is 4.10. The molecule has 0 spiro atoms. The number of hydrogen-bond acceptors (Lipinski definition) is 3. The number of aromatic nitrogens is 1. The predicted octanol–water partition coefficient (Wildman–Crippen LogP) is 3.77. The van der Waals surface area contributed by atoms with E-state index in [1.807, 2.05) is 0 Å². The van der Waals surface area contributed by atoms with Crippen LogP contribution in [0.15, 0.2) is 36.5 Å². The number of benzene rings is 1. The van der Waals surface area contributed by atoms with Gasteiger partial charge in [0.15, 0.2) is 6.29 Å². The molecule has 6 heteroatoms. The molecule has 1 aromatic carbocycles. The lowest BCUT2D eigenvalue weighted by molar-refractivity contribution is -0.274. The van der Waals surface area contributed by atoms with E-state index >= 15 is 0 Å². The van der Waals surface area contributed by atoms with Crippen molar-refractivity contribution in [3.05, 3.63) is 47.8 Å². The van der Waals surface area contributed by atoms with Gasteiger partial charge in [-0.15, -0.1) is 13.2 Å². The summed E-state index contributed by atoms with van der Waals surface area (Å²) in [5.74, 6) is -0.514. The molecular formula is C14H10F3NO2. The molecule has 3 nitrogen and oxygen atoms in total. The summed E-state index contributed by atoms with van der Waals surface area (Å²) in [6, 6.07) is 7.43. The molecule has 0 bridgehead atoms. The van der Waals surface area contributed by atoms with Crippen LogP contribution in [0.4, 0.5) is 13.2 Å². The molecule has 0 amide bonds. The van der Waals surface area contributed by atoms with Gasteiger partial charge in [-0.3, -0.25) is 9.78 Å². The van der Waals surface area contributed by atoms with Crippen molar-refractivity contribution in [3.8, 4) is 16.9 Å². The zero-order chi connectivity index (χ0) is 14.8. The van der Waals surface area contributed by atoms with E-state index in [4.69, 9.17) is 0 Å². The maximum Gasteiger partial charge on any atom is 0.573 e. The monoisotopic (exact) mass is 281 g/mol. The van der Waals surface area contributed by atoms with Gasteiger partial charge in [0.05, 0.1) is 5.56 Å². The lowest BCUT2D eigenvalue weighted by atomic mass is 10.0. The van der Waals surface area contributed by atoms with Gasteiger partial charge in [0.2, 0.25) is 0 Å². The van der Waals surface area contributed by atoms with Gasteiger partial charge in [-0.1, -0.05) is 6.07 Å². The van der Waals surface area contributed by atoms with Crippen LogP contribution in [-0.4, -0.2) is 17.6 Å². The van der Waals surface area contributed by atoms with Crippen LogP contribution >= 0.6 is 0 Å². The molecule has 0 aliphatic carbocycles. The lowest BCUT2D eigenvalue weighted by Crippen LogP contribution is -2.18. The zero-order valence-electron chi connectivity index (χ0n) is 10.4. The summed E-state index contributed by atoms with van der Waals surface area (Å²) in [6.45, 7) is 1.77. The molecule has 0 fully saturated rings. The Morgan fingerprint density at radius 3 is 2.45 bits per heavy atom. The van der Waals surface area contributed by atoms with E-state index in [0.29, 0.717) is 17.4 Å². The highest BCUT2D eigenvalue weighted by molar-refractivity contribution is 5.81. The number of rotatable bonds is 3. The minimum atomic E-state index is -4.84. The van der Waals surface area contributed by atoms with E-state index in [2.05, 4.69) is 9.72 Å². The Kier molecular flexibility index (Phi) is 3.74.